The normalized spacial score (nSPS) is 18.2. The fraction of sp³-hybridized carbons (Fsp3) is 0.306. The number of carbonyl (C=O) groups excluding carboxylic acids is 3. The van der Waals surface area contributed by atoms with Gasteiger partial charge in [0.05, 0.1) is 30.4 Å². The number of fused-ring (bicyclic) bond motifs is 1. The molecule has 0 unspecified atom stereocenters. The van der Waals surface area contributed by atoms with Gasteiger partial charge in [0.25, 0.3) is 5.91 Å². The standard InChI is InChI=1S/C36H37N7O5/c1-21-12-13-23(30-20-38-34(48-30)24-14-15-25-28(19-24)40-32(39-25)26-10-6-16-37-26)18-27(21)41-33(44)29-11-7-17-43(29)35(45)31(42-36(46)47-2)22-8-4-3-5-9-22/h3-5,8-9,12-15,18-20,26,29,31,37H,6-7,10-11,16-17H2,1-2H3,(H,39,40)(H,41,44)(H,42,46)/t26-,29-,31+/m0/s1. The minimum absolute atomic E-state index is 0.248. The molecule has 4 N–H and O–H groups in total. The predicted octanol–water partition coefficient (Wildman–Crippen LogP) is 5.64. The molecule has 2 aromatic heterocycles. The second-order valence-electron chi connectivity index (χ2n) is 12.2. The molecule has 246 valence electrons. The Kier molecular flexibility index (Phi) is 8.64. The van der Waals surface area contributed by atoms with E-state index < -0.39 is 18.2 Å². The first kappa shape index (κ1) is 31.1. The number of nitrogens with zero attached hydrogens (tertiary/aromatic N) is 3. The van der Waals surface area contributed by atoms with Crippen molar-refractivity contribution in [3.05, 3.63) is 89.9 Å². The van der Waals surface area contributed by atoms with Gasteiger partial charge in [0.1, 0.15) is 17.9 Å². The number of amides is 3. The average molecular weight is 648 g/mol. The van der Waals surface area contributed by atoms with E-state index in [4.69, 9.17) is 14.1 Å². The van der Waals surface area contributed by atoms with Crippen molar-refractivity contribution < 1.29 is 23.5 Å². The molecule has 2 fully saturated rings. The number of hydrogen-bond donors (Lipinski definition) is 4. The van der Waals surface area contributed by atoms with Gasteiger partial charge in [-0.1, -0.05) is 42.5 Å². The number of aryl methyl sites for hydroxylation is 1. The maximum atomic E-state index is 13.8. The molecular formula is C36H37N7O5. The Morgan fingerprint density at radius 2 is 1.85 bits per heavy atom. The molecule has 0 bridgehead atoms. The number of aromatic amines is 1. The van der Waals surface area contributed by atoms with E-state index in [-0.39, 0.29) is 17.9 Å². The number of rotatable bonds is 8. The number of imidazole rings is 1. The summed E-state index contributed by atoms with van der Waals surface area (Å²) in [4.78, 5) is 53.9. The number of H-pyrrole nitrogens is 1. The summed E-state index contributed by atoms with van der Waals surface area (Å²) in [6.45, 7) is 3.30. The highest BCUT2D eigenvalue weighted by molar-refractivity contribution is 5.99. The van der Waals surface area contributed by atoms with E-state index in [1.54, 1.807) is 30.5 Å². The van der Waals surface area contributed by atoms with E-state index in [1.165, 1.54) is 12.0 Å². The third-order valence-corrected chi connectivity index (χ3v) is 9.09. The maximum absolute atomic E-state index is 13.8. The molecule has 3 amide bonds. The molecular weight excluding hydrogens is 610 g/mol. The van der Waals surface area contributed by atoms with Gasteiger partial charge in [-0.05, 0) is 74.5 Å². The summed E-state index contributed by atoms with van der Waals surface area (Å²) < 4.78 is 11.0. The second-order valence-corrected chi connectivity index (χ2v) is 12.2. The Labute approximate surface area is 277 Å². The largest absolute Gasteiger partial charge is 0.453 e. The van der Waals surface area contributed by atoms with Crippen molar-refractivity contribution >= 4 is 34.6 Å². The third kappa shape index (κ3) is 6.26. The summed E-state index contributed by atoms with van der Waals surface area (Å²) in [5, 5.41) is 9.15. The second kappa shape index (κ2) is 13.3. The van der Waals surface area contributed by atoms with E-state index in [0.29, 0.717) is 42.3 Å². The van der Waals surface area contributed by atoms with Crippen LogP contribution >= 0.6 is 0 Å². The molecule has 12 nitrogen and oxygen atoms in total. The minimum Gasteiger partial charge on any atom is -0.453 e. The first-order chi connectivity index (χ1) is 23.4. The van der Waals surface area contributed by atoms with Gasteiger partial charge >= 0.3 is 6.09 Å². The van der Waals surface area contributed by atoms with Gasteiger partial charge < -0.3 is 35.0 Å². The van der Waals surface area contributed by atoms with Crippen molar-refractivity contribution in [2.75, 3.05) is 25.5 Å². The number of likely N-dealkylation sites (tertiary alicyclic amines) is 1. The van der Waals surface area contributed by atoms with Gasteiger partial charge in [0.2, 0.25) is 11.8 Å². The highest BCUT2D eigenvalue weighted by atomic mass is 16.5. The summed E-state index contributed by atoms with van der Waals surface area (Å²) in [6, 6.07) is 19.1. The van der Waals surface area contributed by atoms with Crippen LogP contribution in [0.15, 0.2) is 77.3 Å². The third-order valence-electron chi connectivity index (χ3n) is 9.09. The lowest BCUT2D eigenvalue weighted by Crippen LogP contribution is -2.48. The number of nitrogens with one attached hydrogen (secondary N) is 4. The van der Waals surface area contributed by atoms with Gasteiger partial charge in [-0.25, -0.2) is 14.8 Å². The molecule has 0 saturated carbocycles. The van der Waals surface area contributed by atoms with Crippen molar-refractivity contribution in [3.63, 3.8) is 0 Å². The molecule has 0 radical (unpaired) electrons. The molecule has 4 heterocycles. The molecule has 7 rings (SSSR count). The molecule has 3 atom stereocenters. The van der Waals surface area contributed by atoms with E-state index in [2.05, 4.69) is 25.9 Å². The summed E-state index contributed by atoms with van der Waals surface area (Å²) in [6.07, 6.45) is 4.31. The Morgan fingerprint density at radius 3 is 2.65 bits per heavy atom. The van der Waals surface area contributed by atoms with Crippen LogP contribution in [0, 0.1) is 6.92 Å². The maximum Gasteiger partial charge on any atom is 0.407 e. The smallest absolute Gasteiger partial charge is 0.407 e. The van der Waals surface area contributed by atoms with Crippen LogP contribution in [0.2, 0.25) is 0 Å². The van der Waals surface area contributed by atoms with E-state index in [0.717, 1.165) is 52.9 Å². The van der Waals surface area contributed by atoms with Crippen LogP contribution in [-0.2, 0) is 14.3 Å². The zero-order chi connectivity index (χ0) is 33.2. The molecule has 2 aliphatic heterocycles. The van der Waals surface area contributed by atoms with Crippen LogP contribution in [0.4, 0.5) is 10.5 Å². The van der Waals surface area contributed by atoms with E-state index in [9.17, 15) is 14.4 Å². The van der Waals surface area contributed by atoms with Gasteiger partial charge in [-0.2, -0.15) is 0 Å². The number of benzene rings is 3. The van der Waals surface area contributed by atoms with Crippen LogP contribution in [0.3, 0.4) is 0 Å². The first-order valence-corrected chi connectivity index (χ1v) is 16.2. The quantitative estimate of drug-likeness (QED) is 0.169. The SMILES string of the molecule is COC(=O)N[C@@H](C(=O)N1CCC[C@H]1C(=O)Nc1cc(-c2cnc(-c3ccc4[nH]c([C@@H]5CCCN5)nc4c3)o2)ccc1C)c1ccccc1. The highest BCUT2D eigenvalue weighted by Crippen LogP contribution is 2.32. The fourth-order valence-electron chi connectivity index (χ4n) is 6.49. The van der Waals surface area contributed by atoms with Crippen LogP contribution in [-0.4, -0.2) is 64.0 Å². The summed E-state index contributed by atoms with van der Waals surface area (Å²) >= 11 is 0. The molecule has 2 aliphatic rings. The van der Waals surface area contributed by atoms with Crippen LogP contribution in [0.1, 0.15) is 54.7 Å². The molecule has 2 saturated heterocycles. The predicted molar refractivity (Wildman–Crippen MR) is 180 cm³/mol. The van der Waals surface area contributed by atoms with Gasteiger partial charge in [-0.3, -0.25) is 9.59 Å². The van der Waals surface area contributed by atoms with Crippen LogP contribution in [0.5, 0.6) is 0 Å². The number of oxazole rings is 1. The number of anilines is 1. The monoisotopic (exact) mass is 647 g/mol. The molecule has 0 spiro atoms. The zero-order valence-electron chi connectivity index (χ0n) is 26.8. The minimum atomic E-state index is -0.988. The number of alkyl carbamates (subject to hydrolysis) is 1. The van der Waals surface area contributed by atoms with Crippen molar-refractivity contribution in [1.29, 1.82) is 0 Å². The molecule has 3 aromatic carbocycles. The molecule has 48 heavy (non-hydrogen) atoms. The topological polar surface area (TPSA) is 154 Å². The molecule has 5 aromatic rings. The summed E-state index contributed by atoms with van der Waals surface area (Å²) in [7, 11) is 1.24. The summed E-state index contributed by atoms with van der Waals surface area (Å²) in [5.41, 5.74) is 5.44. The lowest BCUT2D eigenvalue weighted by molar-refractivity contribution is -0.138. The van der Waals surface area contributed by atoms with Crippen LogP contribution in [0.25, 0.3) is 33.8 Å². The highest BCUT2D eigenvalue weighted by Gasteiger charge is 2.38. The van der Waals surface area contributed by atoms with Gasteiger partial charge in [0, 0.05) is 23.4 Å². The average Bonchev–Trinajstić information content (AvgIpc) is 3.94. The van der Waals surface area contributed by atoms with Crippen molar-refractivity contribution in [3.8, 4) is 22.8 Å². The van der Waals surface area contributed by atoms with E-state index in [1.807, 2.05) is 49.4 Å². The Bertz CT molecular complexity index is 1960. The fourth-order valence-corrected chi connectivity index (χ4v) is 6.49. The zero-order valence-corrected chi connectivity index (χ0v) is 26.8. The lowest BCUT2D eigenvalue weighted by Gasteiger charge is -2.29. The Hall–Kier alpha value is -5.49. The lowest BCUT2D eigenvalue weighted by atomic mass is 10.0. The van der Waals surface area contributed by atoms with Crippen molar-refractivity contribution in [1.82, 2.24) is 30.5 Å². The Balaban J connectivity index is 1.08. The first-order valence-electron chi connectivity index (χ1n) is 16.2. The number of aromatic nitrogens is 3. The summed E-state index contributed by atoms with van der Waals surface area (Å²) in [5.74, 6) is 1.29. The van der Waals surface area contributed by atoms with Gasteiger partial charge in [0.15, 0.2) is 5.76 Å². The Morgan fingerprint density at radius 1 is 1.02 bits per heavy atom. The van der Waals surface area contributed by atoms with Crippen molar-refractivity contribution in [2.45, 2.75) is 50.7 Å². The van der Waals surface area contributed by atoms with Gasteiger partial charge in [-0.15, -0.1) is 0 Å². The van der Waals surface area contributed by atoms with Crippen LogP contribution < -0.4 is 16.0 Å². The number of carbonyl (C=O) groups is 3. The molecule has 12 heteroatoms. The van der Waals surface area contributed by atoms with E-state index >= 15 is 0 Å². The molecule has 0 aliphatic carbocycles. The number of ether oxygens (including phenoxy) is 1. The number of methoxy groups -OCH3 is 1. The van der Waals surface area contributed by atoms with Crippen molar-refractivity contribution in [2.24, 2.45) is 0 Å². The number of hydrogen-bond acceptors (Lipinski definition) is 8.